The monoisotopic (exact) mass is 449 g/mol. The Labute approximate surface area is 199 Å². The zero-order valence-electron chi connectivity index (χ0n) is 22.8. The van der Waals surface area contributed by atoms with Gasteiger partial charge >= 0.3 is 0 Å². The molecule has 0 aromatic carbocycles. The molecule has 0 saturated heterocycles. The lowest BCUT2D eigenvalue weighted by Crippen LogP contribution is -2.60. The summed E-state index contributed by atoms with van der Waals surface area (Å²) in [6, 6.07) is 0. The van der Waals surface area contributed by atoms with Crippen LogP contribution in [-0.4, -0.2) is 54.2 Å². The van der Waals surface area contributed by atoms with Gasteiger partial charge in [-0.25, -0.2) is 0 Å². The van der Waals surface area contributed by atoms with Crippen LogP contribution in [0.4, 0.5) is 0 Å². The summed E-state index contributed by atoms with van der Waals surface area (Å²) in [5.74, 6) is 0.933. The number of nitrogens with zero attached hydrogens (tertiary/aromatic N) is 1. The molecule has 32 heavy (non-hydrogen) atoms. The molecular weight excluding hydrogens is 399 g/mol. The van der Waals surface area contributed by atoms with Crippen LogP contribution in [0.1, 0.15) is 102 Å². The van der Waals surface area contributed by atoms with E-state index in [1.54, 1.807) is 6.92 Å². The fraction of sp³-hybridized carbons (Fsp3) is 0.885. The summed E-state index contributed by atoms with van der Waals surface area (Å²) in [5.41, 5.74) is -1.34. The second kappa shape index (κ2) is 13.0. The van der Waals surface area contributed by atoms with E-state index in [0.29, 0.717) is 24.7 Å². The van der Waals surface area contributed by atoms with Crippen molar-refractivity contribution < 1.29 is 14.4 Å². The van der Waals surface area contributed by atoms with E-state index < -0.39 is 11.1 Å². The molecule has 0 bridgehead atoms. The van der Waals surface area contributed by atoms with Crippen LogP contribution < -0.4 is 5.23 Å². The van der Waals surface area contributed by atoms with Gasteiger partial charge in [-0.2, -0.15) is 0 Å². The van der Waals surface area contributed by atoms with E-state index in [2.05, 4.69) is 51.7 Å². The summed E-state index contributed by atoms with van der Waals surface area (Å²) >= 11 is 0. The number of nitrogens with one attached hydrogen (secondary N) is 1. The molecule has 0 saturated carbocycles. The lowest BCUT2D eigenvalue weighted by Gasteiger charge is -2.41. The van der Waals surface area contributed by atoms with Crippen LogP contribution in [0.15, 0.2) is 0 Å². The van der Waals surface area contributed by atoms with Crippen molar-refractivity contribution in [1.82, 2.24) is 10.1 Å². The van der Waals surface area contributed by atoms with Gasteiger partial charge < -0.3 is 14.8 Å². The van der Waals surface area contributed by atoms with E-state index >= 15 is 0 Å². The van der Waals surface area contributed by atoms with E-state index in [1.165, 1.54) is 7.41 Å². The first kappa shape index (κ1) is 31.0. The maximum Gasteiger partial charge on any atom is 0.298 e. The molecule has 5 unspecified atom stereocenters. The molecule has 0 heterocycles. The van der Waals surface area contributed by atoms with Gasteiger partial charge in [-0.15, -0.1) is 0 Å². The van der Waals surface area contributed by atoms with Gasteiger partial charge in [-0.3, -0.25) is 9.69 Å². The van der Waals surface area contributed by atoms with Crippen LogP contribution in [0.2, 0.25) is 0 Å². The molecule has 0 rings (SSSR count). The predicted molar refractivity (Wildman–Crippen MR) is 136 cm³/mol. The highest BCUT2D eigenvalue weighted by Crippen LogP contribution is 2.32. The van der Waals surface area contributed by atoms with Crippen molar-refractivity contribution in [2.75, 3.05) is 13.1 Å². The first-order valence-electron chi connectivity index (χ1n) is 12.5. The van der Waals surface area contributed by atoms with Crippen molar-refractivity contribution in [2.24, 2.45) is 23.2 Å². The Bertz CT molecular complexity index is 619. The van der Waals surface area contributed by atoms with Gasteiger partial charge in [0.25, 0.3) is 7.41 Å². The van der Waals surface area contributed by atoms with Crippen LogP contribution in [-0.2, 0) is 14.4 Å². The highest BCUT2D eigenvalue weighted by atomic mass is 16.1. The smallest absolute Gasteiger partial charge is 0.298 e. The maximum absolute atomic E-state index is 13.3. The number of Topliss-reactive ketones (excluding diaryl/α,β-unsaturated/α-hetero) is 1. The van der Waals surface area contributed by atoms with Crippen LogP contribution in [0.5, 0.6) is 0 Å². The first-order chi connectivity index (χ1) is 14.6. The van der Waals surface area contributed by atoms with E-state index in [0.717, 1.165) is 32.2 Å². The largest absolute Gasteiger partial charge is 0.342 e. The van der Waals surface area contributed by atoms with Crippen LogP contribution in [0, 0.1) is 23.2 Å². The first-order valence-corrected chi connectivity index (χ1v) is 12.5. The fourth-order valence-corrected chi connectivity index (χ4v) is 4.35. The third-order valence-corrected chi connectivity index (χ3v) is 7.57. The van der Waals surface area contributed by atoms with Gasteiger partial charge in [0, 0.05) is 12.5 Å². The summed E-state index contributed by atoms with van der Waals surface area (Å²) in [5, 5.41) is 3.11. The van der Waals surface area contributed by atoms with E-state index in [1.807, 2.05) is 27.7 Å². The minimum Gasteiger partial charge on any atom is -0.342 e. The molecule has 0 aliphatic carbocycles. The quantitative estimate of drug-likeness (QED) is 0.269. The second-order valence-corrected chi connectivity index (χ2v) is 11.4. The average molecular weight is 450 g/mol. The molecule has 0 amide bonds. The Hall–Kier alpha value is -1.01. The molecule has 1 radical (unpaired) electrons. The summed E-state index contributed by atoms with van der Waals surface area (Å²) in [6.07, 6.45) is 4.34. The highest BCUT2D eigenvalue weighted by Gasteiger charge is 2.39. The van der Waals surface area contributed by atoms with E-state index in [4.69, 9.17) is 0 Å². The van der Waals surface area contributed by atoms with E-state index in [9.17, 15) is 14.4 Å². The standard InChI is InChI=1S/C26H50BN2O3/c1-12-25(10,21(6)31)28-27-23(32)26(11,13-2)29(14-3)17-20(5)15-19(4)16-22(18-30)24(7,8)9/h18-20,22,28H,12-17H2,1-11H3. The zero-order valence-corrected chi connectivity index (χ0v) is 22.8. The molecule has 6 heteroatoms. The molecule has 0 aromatic heterocycles. The van der Waals surface area contributed by atoms with Gasteiger partial charge in [0.1, 0.15) is 17.8 Å². The van der Waals surface area contributed by atoms with Gasteiger partial charge in [-0.1, -0.05) is 55.4 Å². The number of hydrogen-bond acceptors (Lipinski definition) is 5. The normalized spacial score (nSPS) is 18.9. The fourth-order valence-electron chi connectivity index (χ4n) is 4.35. The third-order valence-electron chi connectivity index (χ3n) is 7.57. The Morgan fingerprint density at radius 3 is 1.91 bits per heavy atom. The molecule has 5 atom stereocenters. The average Bonchev–Trinajstić information content (AvgIpc) is 2.71. The number of hydrogen-bond donors (Lipinski definition) is 1. The van der Waals surface area contributed by atoms with Crippen molar-refractivity contribution in [3.05, 3.63) is 0 Å². The number of carbonyl (C=O) groups is 3. The molecule has 0 aliphatic rings. The minimum absolute atomic E-state index is 0.0109. The number of ketones is 1. The van der Waals surface area contributed by atoms with Crippen molar-refractivity contribution in [3.8, 4) is 0 Å². The van der Waals surface area contributed by atoms with Crippen molar-refractivity contribution >= 4 is 25.2 Å². The lowest BCUT2D eigenvalue weighted by molar-refractivity contribution is -0.123. The molecule has 0 aliphatic heterocycles. The summed E-state index contributed by atoms with van der Waals surface area (Å²) < 4.78 is 0. The number of rotatable bonds is 16. The van der Waals surface area contributed by atoms with Crippen molar-refractivity contribution in [3.63, 3.8) is 0 Å². The molecule has 0 spiro atoms. The third kappa shape index (κ3) is 8.74. The van der Waals surface area contributed by atoms with E-state index in [-0.39, 0.29) is 22.8 Å². The Morgan fingerprint density at radius 2 is 1.53 bits per heavy atom. The summed E-state index contributed by atoms with van der Waals surface area (Å²) in [7, 11) is 1.52. The Balaban J connectivity index is 5.20. The highest BCUT2D eigenvalue weighted by molar-refractivity contribution is 6.74. The summed E-state index contributed by atoms with van der Waals surface area (Å²) in [4.78, 5) is 39.1. The number of carbonyl (C=O) groups excluding carboxylic acids is 3. The zero-order chi connectivity index (χ0) is 25.3. The Morgan fingerprint density at radius 1 is 0.969 bits per heavy atom. The van der Waals surface area contributed by atoms with Gasteiger partial charge in [-0.05, 0) is 70.3 Å². The van der Waals surface area contributed by atoms with Crippen LogP contribution >= 0.6 is 0 Å². The molecule has 0 aromatic rings. The topological polar surface area (TPSA) is 66.5 Å². The minimum atomic E-state index is -0.716. The predicted octanol–water partition coefficient (Wildman–Crippen LogP) is 4.88. The van der Waals surface area contributed by atoms with Crippen molar-refractivity contribution in [2.45, 2.75) is 113 Å². The Kier molecular flexibility index (Phi) is 12.6. The molecule has 1 N–H and O–H groups in total. The number of aldehydes is 1. The SMILES string of the molecule is CCN(CC(C)CC(C)CC(C=O)C(C)(C)C)C(C)(CC)C(=O)[B]NC(C)(CC)C(C)=O. The molecular formula is C26H50BN2O3. The molecule has 185 valence electrons. The second-order valence-electron chi connectivity index (χ2n) is 11.4. The maximum atomic E-state index is 13.3. The molecule has 5 nitrogen and oxygen atoms in total. The van der Waals surface area contributed by atoms with Crippen LogP contribution in [0.3, 0.4) is 0 Å². The lowest BCUT2D eigenvalue weighted by atomic mass is 9.70. The number of likely N-dealkylation sites (N-methyl/N-ethyl adjacent to an activating group) is 1. The summed E-state index contributed by atoms with van der Waals surface area (Å²) in [6.45, 7) is 23.9. The van der Waals surface area contributed by atoms with Crippen molar-refractivity contribution in [1.29, 1.82) is 0 Å². The van der Waals surface area contributed by atoms with Gasteiger partial charge in [0.2, 0.25) is 0 Å². The van der Waals surface area contributed by atoms with Gasteiger partial charge in [0.15, 0.2) is 0 Å². The van der Waals surface area contributed by atoms with Crippen LogP contribution in [0.25, 0.3) is 0 Å². The molecule has 0 fully saturated rings. The van der Waals surface area contributed by atoms with Gasteiger partial charge in [0.05, 0.1) is 11.1 Å².